The number of aliphatic hydroxyl groups excluding tert-OH is 1. The van der Waals surface area contributed by atoms with Crippen LogP contribution in [0.1, 0.15) is 24.8 Å². The van der Waals surface area contributed by atoms with Crippen LogP contribution in [0.3, 0.4) is 0 Å². The largest absolute Gasteiger partial charge is 0.396 e. The molecule has 0 saturated carbocycles. The lowest BCUT2D eigenvalue weighted by Gasteiger charge is -1.98. The molecular weight excluding hydrogens is 148 g/mol. The Hall–Kier alpha value is -0.820. The minimum absolute atomic E-state index is 0.318. The molecular formula is C11H15O. The van der Waals surface area contributed by atoms with Gasteiger partial charge in [-0.15, -0.1) is 0 Å². The van der Waals surface area contributed by atoms with E-state index in [1.54, 1.807) is 0 Å². The predicted octanol–water partition coefficient (Wildman–Crippen LogP) is 2.19. The van der Waals surface area contributed by atoms with Crippen molar-refractivity contribution in [1.82, 2.24) is 0 Å². The predicted molar refractivity (Wildman–Crippen MR) is 49.9 cm³/mol. The molecule has 0 aliphatic carbocycles. The molecule has 0 heterocycles. The van der Waals surface area contributed by atoms with E-state index >= 15 is 0 Å². The number of aliphatic hydroxyl groups is 1. The highest BCUT2D eigenvalue weighted by molar-refractivity contribution is 5.12. The Morgan fingerprint density at radius 2 is 2.08 bits per heavy atom. The normalized spacial score (nSPS) is 10.1. The van der Waals surface area contributed by atoms with E-state index in [2.05, 4.69) is 12.1 Å². The summed E-state index contributed by atoms with van der Waals surface area (Å²) in [6, 6.07) is 11.2. The van der Waals surface area contributed by atoms with Crippen LogP contribution < -0.4 is 0 Å². The first-order valence-electron chi connectivity index (χ1n) is 4.50. The molecule has 12 heavy (non-hydrogen) atoms. The van der Waals surface area contributed by atoms with Crippen molar-refractivity contribution in [1.29, 1.82) is 0 Å². The molecule has 0 spiro atoms. The molecule has 1 radical (unpaired) electrons. The lowest BCUT2D eigenvalue weighted by atomic mass is 10.1. The van der Waals surface area contributed by atoms with Gasteiger partial charge in [-0.05, 0) is 30.9 Å². The van der Waals surface area contributed by atoms with Crippen LogP contribution in [0.5, 0.6) is 0 Å². The van der Waals surface area contributed by atoms with Crippen molar-refractivity contribution in [2.24, 2.45) is 0 Å². The molecule has 1 aromatic carbocycles. The van der Waals surface area contributed by atoms with Crippen LogP contribution in [0.25, 0.3) is 0 Å². The van der Waals surface area contributed by atoms with Crippen molar-refractivity contribution >= 4 is 0 Å². The summed E-state index contributed by atoms with van der Waals surface area (Å²) in [6.45, 7) is 0.318. The fraction of sp³-hybridized carbons (Fsp3) is 0.455. The Balaban J connectivity index is 2.16. The maximum atomic E-state index is 8.56. The zero-order valence-electron chi connectivity index (χ0n) is 7.29. The standard InChI is InChI=1S/C11H15O/c12-10-6-2-5-9-11-7-3-1-4-8-11/h1,3-4,7,12H,2,5-6,9-10H2. The van der Waals surface area contributed by atoms with Crippen LogP contribution in [0.15, 0.2) is 24.3 Å². The first-order chi connectivity index (χ1) is 5.93. The van der Waals surface area contributed by atoms with Gasteiger partial charge >= 0.3 is 0 Å². The van der Waals surface area contributed by atoms with Crippen LogP contribution in [0, 0.1) is 6.07 Å². The smallest absolute Gasteiger partial charge is 0.0431 e. The average Bonchev–Trinajstić information content (AvgIpc) is 2.14. The van der Waals surface area contributed by atoms with Crippen molar-refractivity contribution in [3.63, 3.8) is 0 Å². The molecule has 0 amide bonds. The molecule has 65 valence electrons. The zero-order valence-corrected chi connectivity index (χ0v) is 7.29. The fourth-order valence-corrected chi connectivity index (χ4v) is 1.19. The van der Waals surface area contributed by atoms with Gasteiger partial charge in [-0.25, -0.2) is 0 Å². The highest BCUT2D eigenvalue weighted by Crippen LogP contribution is 2.04. The summed E-state index contributed by atoms with van der Waals surface area (Å²) in [5.41, 5.74) is 1.27. The second kappa shape index (κ2) is 5.78. The van der Waals surface area contributed by atoms with Crippen molar-refractivity contribution in [3.05, 3.63) is 35.9 Å². The van der Waals surface area contributed by atoms with E-state index in [-0.39, 0.29) is 0 Å². The molecule has 1 N–H and O–H groups in total. The molecule has 0 fully saturated rings. The maximum absolute atomic E-state index is 8.56. The first kappa shape index (κ1) is 9.27. The Bertz CT molecular complexity index is 193. The highest BCUT2D eigenvalue weighted by Gasteiger charge is 1.91. The maximum Gasteiger partial charge on any atom is 0.0431 e. The topological polar surface area (TPSA) is 20.2 Å². The number of unbranched alkanes of at least 4 members (excludes halogenated alkanes) is 2. The Labute approximate surface area is 74.1 Å². The number of benzene rings is 1. The average molecular weight is 163 g/mol. The SMILES string of the molecule is OCCCCCc1[c]cccc1. The molecule has 1 aromatic rings. The summed E-state index contributed by atoms with van der Waals surface area (Å²) in [4.78, 5) is 0. The second-order valence-corrected chi connectivity index (χ2v) is 2.92. The molecule has 0 aliphatic heterocycles. The third-order valence-corrected chi connectivity index (χ3v) is 1.88. The molecule has 1 heteroatoms. The van der Waals surface area contributed by atoms with Gasteiger partial charge in [0, 0.05) is 6.61 Å². The van der Waals surface area contributed by atoms with E-state index in [0.29, 0.717) is 6.61 Å². The lowest BCUT2D eigenvalue weighted by molar-refractivity contribution is 0.283. The van der Waals surface area contributed by atoms with E-state index in [9.17, 15) is 0 Å². The van der Waals surface area contributed by atoms with E-state index in [0.717, 1.165) is 25.7 Å². The summed E-state index contributed by atoms with van der Waals surface area (Å²) >= 11 is 0. The van der Waals surface area contributed by atoms with Gasteiger partial charge < -0.3 is 5.11 Å². The summed E-state index contributed by atoms with van der Waals surface area (Å²) in [5.74, 6) is 0. The summed E-state index contributed by atoms with van der Waals surface area (Å²) < 4.78 is 0. The fourth-order valence-electron chi connectivity index (χ4n) is 1.19. The number of aryl methyl sites for hydroxylation is 1. The Morgan fingerprint density at radius 3 is 2.75 bits per heavy atom. The van der Waals surface area contributed by atoms with Crippen LogP contribution in [0.2, 0.25) is 0 Å². The van der Waals surface area contributed by atoms with Crippen molar-refractivity contribution in [2.75, 3.05) is 6.61 Å². The van der Waals surface area contributed by atoms with E-state index in [4.69, 9.17) is 5.11 Å². The quantitative estimate of drug-likeness (QED) is 0.660. The van der Waals surface area contributed by atoms with Crippen LogP contribution >= 0.6 is 0 Å². The molecule has 0 saturated heterocycles. The molecule has 1 rings (SSSR count). The van der Waals surface area contributed by atoms with Gasteiger partial charge in [0.05, 0.1) is 0 Å². The van der Waals surface area contributed by atoms with Crippen LogP contribution in [-0.4, -0.2) is 11.7 Å². The zero-order chi connectivity index (χ0) is 8.65. The monoisotopic (exact) mass is 163 g/mol. The number of hydrogen-bond donors (Lipinski definition) is 1. The summed E-state index contributed by atoms with van der Waals surface area (Å²) in [7, 11) is 0. The van der Waals surface area contributed by atoms with Crippen LogP contribution in [-0.2, 0) is 6.42 Å². The molecule has 0 bridgehead atoms. The third kappa shape index (κ3) is 3.54. The lowest BCUT2D eigenvalue weighted by Crippen LogP contribution is -1.87. The number of rotatable bonds is 5. The van der Waals surface area contributed by atoms with Gasteiger partial charge in [0.1, 0.15) is 0 Å². The number of hydrogen-bond acceptors (Lipinski definition) is 1. The minimum Gasteiger partial charge on any atom is -0.396 e. The summed E-state index contributed by atoms with van der Waals surface area (Å²) in [5, 5.41) is 8.56. The Morgan fingerprint density at radius 1 is 1.17 bits per heavy atom. The van der Waals surface area contributed by atoms with Gasteiger partial charge in [0.2, 0.25) is 0 Å². The van der Waals surface area contributed by atoms with Crippen molar-refractivity contribution in [2.45, 2.75) is 25.7 Å². The van der Waals surface area contributed by atoms with E-state index in [1.165, 1.54) is 5.56 Å². The molecule has 0 aromatic heterocycles. The van der Waals surface area contributed by atoms with Gasteiger partial charge in [0.25, 0.3) is 0 Å². The van der Waals surface area contributed by atoms with E-state index < -0.39 is 0 Å². The molecule has 1 nitrogen and oxygen atoms in total. The van der Waals surface area contributed by atoms with Gasteiger partial charge in [0.15, 0.2) is 0 Å². The summed E-state index contributed by atoms with van der Waals surface area (Å²) in [6.07, 6.45) is 4.27. The van der Waals surface area contributed by atoms with Gasteiger partial charge in [-0.3, -0.25) is 0 Å². The third-order valence-electron chi connectivity index (χ3n) is 1.88. The highest BCUT2D eigenvalue weighted by atomic mass is 16.2. The first-order valence-corrected chi connectivity index (χ1v) is 4.50. The van der Waals surface area contributed by atoms with Gasteiger partial charge in [-0.2, -0.15) is 0 Å². The molecule has 0 atom stereocenters. The molecule has 0 aliphatic rings. The van der Waals surface area contributed by atoms with Crippen LogP contribution in [0.4, 0.5) is 0 Å². The minimum atomic E-state index is 0.318. The van der Waals surface area contributed by atoms with Gasteiger partial charge in [-0.1, -0.05) is 30.7 Å². The Kier molecular flexibility index (Phi) is 4.47. The second-order valence-electron chi connectivity index (χ2n) is 2.92. The van der Waals surface area contributed by atoms with Crippen molar-refractivity contribution in [3.8, 4) is 0 Å². The van der Waals surface area contributed by atoms with Crippen molar-refractivity contribution < 1.29 is 5.11 Å². The molecule has 0 unspecified atom stereocenters. The van der Waals surface area contributed by atoms with E-state index in [1.807, 2.05) is 18.2 Å².